The van der Waals surface area contributed by atoms with E-state index in [0.717, 1.165) is 49.3 Å². The van der Waals surface area contributed by atoms with Gasteiger partial charge in [-0.2, -0.15) is 0 Å². The van der Waals surface area contributed by atoms with Crippen LogP contribution in [0.5, 0.6) is 11.5 Å². The molecule has 2 aromatic rings. The molecule has 2 aliphatic rings. The Bertz CT molecular complexity index is 948. The van der Waals surface area contributed by atoms with Crippen LogP contribution in [0, 0.1) is 0 Å². The lowest BCUT2D eigenvalue weighted by Gasteiger charge is -2.21. The third kappa shape index (κ3) is 3.32. The Labute approximate surface area is 147 Å². The lowest BCUT2D eigenvalue weighted by Crippen LogP contribution is -2.28. The normalized spacial score (nSPS) is 16.4. The van der Waals surface area contributed by atoms with Gasteiger partial charge in [0.05, 0.1) is 11.8 Å². The summed E-state index contributed by atoms with van der Waals surface area (Å²) in [6.07, 6.45) is 3.39. The molecular formula is C18H19N3O3S. The molecule has 4 rings (SSSR count). The minimum absolute atomic E-state index is 0.503. The zero-order valence-electron chi connectivity index (χ0n) is 13.9. The lowest BCUT2D eigenvalue weighted by molar-refractivity contribution is 0.481. The van der Waals surface area contributed by atoms with Gasteiger partial charge in [-0.15, -0.1) is 0 Å². The molecule has 2 aromatic carbocycles. The fourth-order valence-corrected chi connectivity index (χ4v) is 3.73. The number of para-hydroxylation sites is 2. The van der Waals surface area contributed by atoms with Gasteiger partial charge in [-0.3, -0.25) is 4.72 Å². The van der Waals surface area contributed by atoms with Crippen molar-refractivity contribution in [2.45, 2.75) is 12.8 Å². The molecule has 0 amide bonds. The number of sulfonamides is 1. The van der Waals surface area contributed by atoms with Gasteiger partial charge in [0.15, 0.2) is 5.75 Å². The molecule has 6 nitrogen and oxygen atoms in total. The van der Waals surface area contributed by atoms with Crippen molar-refractivity contribution in [1.29, 1.82) is 0 Å². The molecule has 0 bridgehead atoms. The molecule has 1 saturated heterocycles. The van der Waals surface area contributed by atoms with Gasteiger partial charge in [0.2, 0.25) is 10.0 Å². The maximum Gasteiger partial charge on any atom is 0.229 e. The van der Waals surface area contributed by atoms with Gasteiger partial charge in [0, 0.05) is 18.8 Å². The average molecular weight is 357 g/mol. The minimum Gasteiger partial charge on any atom is -0.454 e. The predicted molar refractivity (Wildman–Crippen MR) is 98.4 cm³/mol. The largest absolute Gasteiger partial charge is 0.454 e. The number of aliphatic imine (C=N–C) groups is 1. The van der Waals surface area contributed by atoms with E-state index in [4.69, 9.17) is 9.73 Å². The highest BCUT2D eigenvalue weighted by Crippen LogP contribution is 2.39. The second-order valence-corrected chi connectivity index (χ2v) is 8.03. The summed E-state index contributed by atoms with van der Waals surface area (Å²) in [5.41, 5.74) is 2.08. The third-order valence-electron chi connectivity index (χ3n) is 4.24. The summed E-state index contributed by atoms with van der Waals surface area (Å²) in [6.45, 7) is 1.87. The van der Waals surface area contributed by atoms with Crippen molar-refractivity contribution in [3.8, 4) is 11.5 Å². The molecule has 2 heterocycles. The van der Waals surface area contributed by atoms with Gasteiger partial charge >= 0.3 is 0 Å². The Morgan fingerprint density at radius 2 is 1.84 bits per heavy atom. The molecule has 0 aromatic heterocycles. The van der Waals surface area contributed by atoms with Crippen LogP contribution in [0.25, 0.3) is 0 Å². The van der Waals surface area contributed by atoms with Gasteiger partial charge < -0.3 is 9.64 Å². The number of fused-ring (bicyclic) bond motifs is 2. The second kappa shape index (κ2) is 6.07. The predicted octanol–water partition coefficient (Wildman–Crippen LogP) is 3.34. The van der Waals surface area contributed by atoms with Crippen molar-refractivity contribution in [2.24, 2.45) is 4.99 Å². The van der Waals surface area contributed by atoms with E-state index >= 15 is 0 Å². The quantitative estimate of drug-likeness (QED) is 0.895. The van der Waals surface area contributed by atoms with Crippen molar-refractivity contribution in [2.75, 3.05) is 24.1 Å². The number of rotatable bonds is 2. The molecule has 1 N–H and O–H groups in total. The Morgan fingerprint density at radius 1 is 1.08 bits per heavy atom. The number of benzene rings is 2. The van der Waals surface area contributed by atoms with Crippen LogP contribution in [-0.2, 0) is 10.0 Å². The van der Waals surface area contributed by atoms with E-state index in [1.54, 1.807) is 18.2 Å². The smallest absolute Gasteiger partial charge is 0.229 e. The summed E-state index contributed by atoms with van der Waals surface area (Å²) < 4.78 is 31.7. The summed E-state index contributed by atoms with van der Waals surface area (Å²) in [7, 11) is -3.35. The molecule has 7 heteroatoms. The van der Waals surface area contributed by atoms with E-state index in [2.05, 4.69) is 9.62 Å². The van der Waals surface area contributed by atoms with Crippen LogP contribution in [-0.4, -0.2) is 38.5 Å². The zero-order chi connectivity index (χ0) is 17.4. The minimum atomic E-state index is -3.35. The molecule has 2 aliphatic heterocycles. The van der Waals surface area contributed by atoms with E-state index < -0.39 is 10.0 Å². The van der Waals surface area contributed by atoms with Crippen LogP contribution in [0.1, 0.15) is 18.4 Å². The Kier molecular flexibility index (Phi) is 3.88. The number of anilines is 1. The SMILES string of the molecule is CS(=O)(=O)Nc1ccc2c(c1)C(N1CCCC1)=Nc1ccccc1O2. The first-order chi connectivity index (χ1) is 12.0. The van der Waals surface area contributed by atoms with Crippen LogP contribution in [0.3, 0.4) is 0 Å². The highest BCUT2D eigenvalue weighted by atomic mass is 32.2. The van der Waals surface area contributed by atoms with Crippen LogP contribution in [0.4, 0.5) is 11.4 Å². The first kappa shape index (κ1) is 16.0. The van der Waals surface area contributed by atoms with Crippen LogP contribution >= 0.6 is 0 Å². The van der Waals surface area contributed by atoms with Crippen molar-refractivity contribution in [1.82, 2.24) is 4.90 Å². The highest BCUT2D eigenvalue weighted by molar-refractivity contribution is 7.92. The molecule has 0 aliphatic carbocycles. The summed E-state index contributed by atoms with van der Waals surface area (Å²) >= 11 is 0. The molecule has 0 atom stereocenters. The Balaban J connectivity index is 1.86. The van der Waals surface area contributed by atoms with Gasteiger partial charge in [-0.25, -0.2) is 13.4 Å². The van der Waals surface area contributed by atoms with Crippen molar-refractivity contribution >= 4 is 27.2 Å². The number of likely N-dealkylation sites (tertiary alicyclic amines) is 1. The van der Waals surface area contributed by atoms with Gasteiger partial charge in [0.1, 0.15) is 17.3 Å². The maximum atomic E-state index is 11.6. The number of nitrogens with one attached hydrogen (secondary N) is 1. The van der Waals surface area contributed by atoms with E-state index in [0.29, 0.717) is 17.2 Å². The van der Waals surface area contributed by atoms with Crippen molar-refractivity contribution < 1.29 is 13.2 Å². The molecule has 1 fully saturated rings. The second-order valence-electron chi connectivity index (χ2n) is 6.28. The van der Waals surface area contributed by atoms with Gasteiger partial charge in [-0.1, -0.05) is 12.1 Å². The number of hydrogen-bond donors (Lipinski definition) is 1. The molecule has 0 radical (unpaired) electrons. The standard InChI is InChI=1S/C18H19N3O3S/c1-25(22,23)20-13-8-9-16-14(12-13)18(21-10-4-5-11-21)19-15-6-2-3-7-17(15)24-16/h2-3,6-9,12,20H,4-5,10-11H2,1H3. The molecule has 25 heavy (non-hydrogen) atoms. The number of ether oxygens (including phenoxy) is 1. The van der Waals surface area contributed by atoms with Gasteiger partial charge in [0.25, 0.3) is 0 Å². The van der Waals surface area contributed by atoms with E-state index in [9.17, 15) is 8.42 Å². The van der Waals surface area contributed by atoms with Crippen LogP contribution in [0.15, 0.2) is 47.5 Å². The van der Waals surface area contributed by atoms with Crippen molar-refractivity contribution in [3.63, 3.8) is 0 Å². The van der Waals surface area contributed by atoms with Crippen LogP contribution < -0.4 is 9.46 Å². The Hall–Kier alpha value is -2.54. The number of hydrogen-bond acceptors (Lipinski definition) is 5. The third-order valence-corrected chi connectivity index (χ3v) is 4.85. The maximum absolute atomic E-state index is 11.6. The summed E-state index contributed by atoms with van der Waals surface area (Å²) in [6, 6.07) is 12.9. The van der Waals surface area contributed by atoms with E-state index in [1.807, 2.05) is 24.3 Å². The van der Waals surface area contributed by atoms with Gasteiger partial charge in [-0.05, 0) is 43.2 Å². The molecule has 0 saturated carbocycles. The number of amidine groups is 1. The number of nitrogens with zero attached hydrogens (tertiary/aromatic N) is 2. The fraction of sp³-hybridized carbons (Fsp3) is 0.278. The highest BCUT2D eigenvalue weighted by Gasteiger charge is 2.25. The summed E-state index contributed by atoms with van der Waals surface area (Å²) in [4.78, 5) is 7.07. The fourth-order valence-electron chi connectivity index (χ4n) is 3.17. The first-order valence-electron chi connectivity index (χ1n) is 8.22. The molecule has 130 valence electrons. The van der Waals surface area contributed by atoms with Crippen molar-refractivity contribution in [3.05, 3.63) is 48.0 Å². The monoisotopic (exact) mass is 357 g/mol. The molecular weight excluding hydrogens is 338 g/mol. The Morgan fingerprint density at radius 3 is 2.60 bits per heavy atom. The molecule has 0 unspecified atom stereocenters. The topological polar surface area (TPSA) is 71.0 Å². The summed E-state index contributed by atoms with van der Waals surface area (Å²) in [5, 5.41) is 0. The first-order valence-corrected chi connectivity index (χ1v) is 10.1. The lowest BCUT2D eigenvalue weighted by atomic mass is 10.1. The van der Waals surface area contributed by atoms with Crippen LogP contribution in [0.2, 0.25) is 0 Å². The van der Waals surface area contributed by atoms with E-state index in [1.165, 1.54) is 0 Å². The summed E-state index contributed by atoms with van der Waals surface area (Å²) in [5.74, 6) is 2.20. The van der Waals surface area contributed by atoms with E-state index in [-0.39, 0.29) is 0 Å². The average Bonchev–Trinajstić information content (AvgIpc) is 3.03. The zero-order valence-corrected chi connectivity index (χ0v) is 14.7. The molecule has 0 spiro atoms.